The van der Waals surface area contributed by atoms with Crippen LogP contribution in [0.4, 0.5) is 0 Å². The minimum Gasteiger partial charge on any atom is -1.00 e. The molecule has 12 rings (SSSR count). The number of rotatable bonds is 15. The number of allylic oxidation sites excluding steroid dienone is 2. The summed E-state index contributed by atoms with van der Waals surface area (Å²) in [7, 11) is 0. The summed E-state index contributed by atoms with van der Waals surface area (Å²) >= 11 is 0. The number of carbonyl (C=O) groups is 3. The van der Waals surface area contributed by atoms with E-state index in [9.17, 15) is 14.4 Å². The number of benzene rings is 9. The number of hydrogen-bond acceptors (Lipinski definition) is 5. The van der Waals surface area contributed by atoms with Gasteiger partial charge < -0.3 is 17.0 Å². The number of halogens is 1. The Kier molecular flexibility index (Phi) is 20.6. The molecule has 12 aromatic rings. The molecule has 0 saturated carbocycles. The van der Waals surface area contributed by atoms with E-state index >= 15 is 0 Å². The van der Waals surface area contributed by atoms with Crippen LogP contribution >= 0.6 is 0 Å². The number of aromatic nitrogens is 3. The third-order valence-corrected chi connectivity index (χ3v) is 13.5. The van der Waals surface area contributed by atoms with Crippen molar-refractivity contribution in [2.75, 3.05) is 0 Å². The van der Waals surface area contributed by atoms with Gasteiger partial charge in [0.2, 0.25) is 12.3 Å². The molecule has 0 saturated heterocycles. The average molecular weight is 1150 g/mol. The number of pyridine rings is 3. The molecule has 0 aliphatic rings. The predicted molar refractivity (Wildman–Crippen MR) is 338 cm³/mol. The maximum atomic E-state index is 12.4. The summed E-state index contributed by atoms with van der Waals surface area (Å²) in [5.74, 6) is -0.127. The van der Waals surface area contributed by atoms with Crippen molar-refractivity contribution in [1.29, 1.82) is 0 Å². The van der Waals surface area contributed by atoms with Gasteiger partial charge in [-0.3, -0.25) is 14.4 Å². The second-order valence-electron chi connectivity index (χ2n) is 19.4. The zero-order chi connectivity index (χ0) is 56.8. The van der Waals surface area contributed by atoms with E-state index in [0.29, 0.717) is 17.7 Å². The van der Waals surface area contributed by atoms with Crippen LogP contribution in [0.5, 0.6) is 0 Å². The zero-order valence-corrected chi connectivity index (χ0v) is 47.6. The molecule has 0 unspecified atom stereocenters. The van der Waals surface area contributed by atoms with Crippen LogP contribution in [0.2, 0.25) is 0 Å². The van der Waals surface area contributed by atoms with Gasteiger partial charge in [-0.15, -0.1) is 0 Å². The van der Waals surface area contributed by atoms with Gasteiger partial charge in [-0.25, -0.2) is 9.97 Å². The highest BCUT2D eigenvalue weighted by Gasteiger charge is 2.14. The van der Waals surface area contributed by atoms with Crippen LogP contribution in [0.25, 0.3) is 79.4 Å². The fourth-order valence-electron chi connectivity index (χ4n) is 9.21. The van der Waals surface area contributed by atoms with Crippen molar-refractivity contribution in [2.24, 2.45) is 0 Å². The molecular weight excluding hydrogens is 1090 g/mol. The highest BCUT2D eigenvalue weighted by atomic mass is 79.9. The van der Waals surface area contributed by atoms with Crippen molar-refractivity contribution >= 4 is 29.5 Å². The van der Waals surface area contributed by atoms with E-state index in [1.165, 1.54) is 23.3 Å². The second-order valence-corrected chi connectivity index (χ2v) is 19.4. The third-order valence-electron chi connectivity index (χ3n) is 13.5. The molecule has 406 valence electrons. The third kappa shape index (κ3) is 16.3. The summed E-state index contributed by atoms with van der Waals surface area (Å²) in [6, 6.07) is 100. The van der Waals surface area contributed by atoms with E-state index in [1.807, 2.05) is 150 Å². The van der Waals surface area contributed by atoms with Crippen LogP contribution in [0.3, 0.4) is 0 Å². The van der Waals surface area contributed by atoms with Gasteiger partial charge in [-0.05, 0) is 81.9 Å². The molecule has 9 aromatic carbocycles. The summed E-state index contributed by atoms with van der Waals surface area (Å²) in [6.07, 6.45) is 10.4. The predicted octanol–water partition coefficient (Wildman–Crippen LogP) is 14.8. The highest BCUT2D eigenvalue weighted by Crippen LogP contribution is 2.34. The Morgan fingerprint density at radius 3 is 1.01 bits per heavy atom. The topological polar surface area (TPSA) is 80.9 Å². The summed E-state index contributed by atoms with van der Waals surface area (Å²) in [5, 5.41) is 0. The molecule has 0 amide bonds. The van der Waals surface area contributed by atoms with Crippen molar-refractivity contribution in [3.63, 3.8) is 0 Å². The monoisotopic (exact) mass is 1150 g/mol. The van der Waals surface area contributed by atoms with Crippen LogP contribution < -0.4 is 21.5 Å². The molecule has 7 heteroatoms. The lowest BCUT2D eigenvalue weighted by atomic mass is 9.97. The van der Waals surface area contributed by atoms with Crippen molar-refractivity contribution in [3.05, 3.63) is 356 Å². The number of ketones is 3. The van der Waals surface area contributed by atoms with Crippen molar-refractivity contribution in [1.82, 2.24) is 9.97 Å². The molecule has 0 N–H and O–H groups in total. The molecule has 0 atom stereocenters. The van der Waals surface area contributed by atoms with Gasteiger partial charge in [0.1, 0.15) is 0 Å². The van der Waals surface area contributed by atoms with E-state index in [4.69, 9.17) is 9.97 Å². The Labute approximate surface area is 501 Å². The number of Topliss-reactive ketones (excluding diaryl/α,β-unsaturated/α-hetero) is 1. The van der Waals surface area contributed by atoms with Crippen LogP contribution in [0, 0.1) is 0 Å². The molecule has 6 nitrogen and oxygen atoms in total. The fraction of sp³-hybridized carbons (Fsp3) is 0.0130. The quantitative estimate of drug-likeness (QED) is 0.0580. The van der Waals surface area contributed by atoms with Gasteiger partial charge in [-0.2, -0.15) is 4.57 Å². The highest BCUT2D eigenvalue weighted by molar-refractivity contribution is 6.11. The molecule has 3 heterocycles. The lowest BCUT2D eigenvalue weighted by Crippen LogP contribution is -3.00. The van der Waals surface area contributed by atoms with E-state index in [-0.39, 0.29) is 34.3 Å². The second kappa shape index (κ2) is 29.7. The van der Waals surface area contributed by atoms with Gasteiger partial charge in [0.05, 0.1) is 22.8 Å². The molecular formula is C77H58BrN3O3. The minimum atomic E-state index is -0.129. The van der Waals surface area contributed by atoms with Gasteiger partial charge in [0, 0.05) is 51.1 Å². The Morgan fingerprint density at radius 2 is 0.607 bits per heavy atom. The first-order valence-corrected chi connectivity index (χ1v) is 27.4. The molecule has 84 heavy (non-hydrogen) atoms. The van der Waals surface area contributed by atoms with Gasteiger partial charge >= 0.3 is 0 Å². The molecule has 3 aromatic heterocycles. The number of carbonyl (C=O) groups excluding carboxylic acids is 3. The van der Waals surface area contributed by atoms with Crippen molar-refractivity contribution in [2.45, 2.75) is 6.54 Å². The smallest absolute Gasteiger partial charge is 0.227 e. The van der Waals surface area contributed by atoms with Crippen LogP contribution in [-0.2, 0) is 6.54 Å². The van der Waals surface area contributed by atoms with Gasteiger partial charge in [0.15, 0.2) is 24.0 Å². The number of hydrogen-bond donors (Lipinski definition) is 0. The first-order valence-electron chi connectivity index (χ1n) is 27.4. The molecule has 0 aliphatic heterocycles. The standard InChI is InChI=1S/C40H28N2.C24H18O2.C13H12NO.BrH/c1-5-14-29(15-6-1)35-25-37(31-18-9-3-10-19-31)41-39(27-35)33-22-13-23-34(24-33)40-28-36(30-16-7-2-8-17-30)26-38(42-40)32-20-11-4-12-21-32;25-23(16-14-19-8-3-1-4-9-19)21-12-7-13-22(18-21)24(26)17-15-20-10-5-2-6-11-20;15-13(12-7-3-1-4-8-12)11-14-9-5-2-6-10-14;/h1-28H;1-18H;1-10H,11H2;1H/q;;+1;/p-1/b;16-14+,17-15+;;. The molecule has 0 bridgehead atoms. The Balaban J connectivity index is 0.000000171. The first kappa shape index (κ1) is 58.1. The van der Waals surface area contributed by atoms with Crippen LogP contribution in [0.15, 0.2) is 328 Å². The van der Waals surface area contributed by atoms with Crippen LogP contribution in [-0.4, -0.2) is 27.3 Å². The van der Waals surface area contributed by atoms with Crippen LogP contribution in [0.1, 0.15) is 42.2 Å². The average Bonchev–Trinajstić information content (AvgIpc) is 3.63. The SMILES string of the molecule is O=C(/C=C/c1ccccc1)c1cccc(C(=O)/C=C/c2ccccc2)c1.O=C(C[n+]1ccccc1)c1ccccc1.[Br-].c1ccc(-c2cc(-c3ccccc3)nc(-c3cccc(-c4cc(-c5ccccc5)cc(-c5ccccc5)n4)c3)c2)cc1. The van der Waals surface area contributed by atoms with Crippen molar-refractivity contribution in [3.8, 4) is 67.3 Å². The van der Waals surface area contributed by atoms with Crippen molar-refractivity contribution < 1.29 is 35.9 Å². The number of nitrogens with zero attached hydrogens (tertiary/aromatic N) is 3. The molecule has 0 aliphatic carbocycles. The normalized spacial score (nSPS) is 10.6. The van der Waals surface area contributed by atoms with E-state index in [2.05, 4.69) is 146 Å². The Morgan fingerprint density at radius 1 is 0.298 bits per heavy atom. The zero-order valence-electron chi connectivity index (χ0n) is 46.0. The lowest BCUT2D eigenvalue weighted by molar-refractivity contribution is -0.683. The van der Waals surface area contributed by atoms with Gasteiger partial charge in [0.25, 0.3) is 0 Å². The maximum Gasteiger partial charge on any atom is 0.227 e. The van der Waals surface area contributed by atoms with Gasteiger partial charge in [-0.1, -0.05) is 267 Å². The maximum absolute atomic E-state index is 12.4. The summed E-state index contributed by atoms with van der Waals surface area (Å²) in [6.45, 7) is 0.394. The van der Waals surface area contributed by atoms with E-state index in [1.54, 1.807) is 36.4 Å². The molecule has 0 spiro atoms. The van der Waals surface area contributed by atoms with E-state index < -0.39 is 0 Å². The molecule has 0 radical (unpaired) electrons. The van der Waals surface area contributed by atoms with E-state index in [0.717, 1.165) is 72.8 Å². The fourth-order valence-corrected chi connectivity index (χ4v) is 9.21. The lowest BCUT2D eigenvalue weighted by Gasteiger charge is -2.13. The summed E-state index contributed by atoms with van der Waals surface area (Å²) < 4.78 is 1.87. The molecule has 0 fully saturated rings. The Bertz CT molecular complexity index is 3790. The minimum absolute atomic E-state index is 0. The largest absolute Gasteiger partial charge is 1.00 e. The summed E-state index contributed by atoms with van der Waals surface area (Å²) in [5.41, 5.74) is 16.3. The first-order chi connectivity index (χ1) is 40.9. The Hall–Kier alpha value is -10.6. The summed E-state index contributed by atoms with van der Waals surface area (Å²) in [4.78, 5) is 46.8.